The molecule has 0 spiro atoms. The number of hydrogen-bond donors (Lipinski definition) is 0. The van der Waals surface area contributed by atoms with E-state index in [-0.39, 0.29) is 11.9 Å². The number of thioether (sulfide) groups is 1. The van der Waals surface area contributed by atoms with Gasteiger partial charge in [-0.2, -0.15) is 11.8 Å². The molecular formula is C10H20O2S. The van der Waals surface area contributed by atoms with Crippen molar-refractivity contribution in [3.63, 3.8) is 0 Å². The van der Waals surface area contributed by atoms with Crippen molar-refractivity contribution >= 4 is 17.7 Å². The normalized spacial score (nSPS) is 12.5. The number of carbonyl (C=O) groups excluding carboxylic acids is 1. The number of hydrogen-bond acceptors (Lipinski definition) is 3. The van der Waals surface area contributed by atoms with Crippen molar-refractivity contribution in [2.24, 2.45) is 5.92 Å². The van der Waals surface area contributed by atoms with E-state index >= 15 is 0 Å². The maximum Gasteiger partial charge on any atom is 0.309 e. The Balaban J connectivity index is 3.26. The minimum atomic E-state index is -0.0945. The molecule has 0 aliphatic heterocycles. The molecular weight excluding hydrogens is 184 g/mol. The fraction of sp³-hybridized carbons (Fsp3) is 0.900. The Morgan fingerprint density at radius 2 is 2.15 bits per heavy atom. The highest BCUT2D eigenvalue weighted by Gasteiger charge is 2.11. The number of methoxy groups -OCH3 is 1. The third-order valence-corrected chi connectivity index (χ3v) is 3.18. The van der Waals surface area contributed by atoms with E-state index in [0.717, 1.165) is 11.5 Å². The summed E-state index contributed by atoms with van der Waals surface area (Å²) in [4.78, 5) is 11.0. The van der Waals surface area contributed by atoms with Gasteiger partial charge in [-0.25, -0.2) is 0 Å². The molecule has 0 aliphatic carbocycles. The summed E-state index contributed by atoms with van der Waals surface area (Å²) in [5.74, 6) is 1.99. The van der Waals surface area contributed by atoms with Crippen molar-refractivity contribution in [3.8, 4) is 0 Å². The van der Waals surface area contributed by atoms with E-state index in [0.29, 0.717) is 0 Å². The Bertz CT molecular complexity index is 137. The van der Waals surface area contributed by atoms with Crippen LogP contribution in [0, 0.1) is 5.92 Å². The standard InChI is InChI=1S/C10H20O2S/c1-4-5-6-7-13-8-9(2)10(11)12-3/h9H,4-8H2,1-3H3. The topological polar surface area (TPSA) is 26.3 Å². The average Bonchev–Trinajstić information content (AvgIpc) is 2.16. The van der Waals surface area contributed by atoms with Crippen molar-refractivity contribution in [1.82, 2.24) is 0 Å². The van der Waals surface area contributed by atoms with Crippen LogP contribution in [0.1, 0.15) is 33.1 Å². The maximum absolute atomic E-state index is 11.0. The molecule has 0 bridgehead atoms. The van der Waals surface area contributed by atoms with E-state index in [1.807, 2.05) is 18.7 Å². The Labute approximate surface area is 85.4 Å². The molecule has 0 heterocycles. The highest BCUT2D eigenvalue weighted by molar-refractivity contribution is 7.99. The van der Waals surface area contributed by atoms with Gasteiger partial charge in [0.05, 0.1) is 13.0 Å². The van der Waals surface area contributed by atoms with Gasteiger partial charge in [0.2, 0.25) is 0 Å². The molecule has 0 saturated heterocycles. The van der Waals surface area contributed by atoms with Gasteiger partial charge in [0.15, 0.2) is 0 Å². The van der Waals surface area contributed by atoms with Crippen molar-refractivity contribution in [1.29, 1.82) is 0 Å². The van der Waals surface area contributed by atoms with E-state index in [1.54, 1.807) is 0 Å². The molecule has 0 aromatic heterocycles. The lowest BCUT2D eigenvalue weighted by atomic mass is 10.2. The lowest BCUT2D eigenvalue weighted by Crippen LogP contribution is -2.15. The van der Waals surface area contributed by atoms with Gasteiger partial charge in [-0.05, 0) is 12.2 Å². The zero-order chi connectivity index (χ0) is 10.1. The molecule has 3 heteroatoms. The van der Waals surface area contributed by atoms with Crippen LogP contribution in [0.25, 0.3) is 0 Å². The highest BCUT2D eigenvalue weighted by atomic mass is 32.2. The zero-order valence-corrected chi connectivity index (χ0v) is 9.65. The quantitative estimate of drug-likeness (QED) is 0.471. The summed E-state index contributed by atoms with van der Waals surface area (Å²) >= 11 is 1.84. The zero-order valence-electron chi connectivity index (χ0n) is 8.84. The van der Waals surface area contributed by atoms with E-state index in [4.69, 9.17) is 0 Å². The van der Waals surface area contributed by atoms with Crippen LogP contribution in [-0.4, -0.2) is 24.6 Å². The molecule has 0 aliphatic rings. The van der Waals surface area contributed by atoms with E-state index in [1.165, 1.54) is 26.4 Å². The number of ether oxygens (including phenoxy) is 1. The van der Waals surface area contributed by atoms with Crippen LogP contribution in [0.2, 0.25) is 0 Å². The van der Waals surface area contributed by atoms with Crippen LogP contribution < -0.4 is 0 Å². The fourth-order valence-corrected chi connectivity index (χ4v) is 2.05. The fourth-order valence-electron chi connectivity index (χ4n) is 0.983. The molecule has 1 unspecified atom stereocenters. The molecule has 1 atom stereocenters. The summed E-state index contributed by atoms with van der Waals surface area (Å²) in [6.07, 6.45) is 3.81. The molecule has 0 N–H and O–H groups in total. The molecule has 78 valence electrons. The highest BCUT2D eigenvalue weighted by Crippen LogP contribution is 2.12. The Kier molecular flexibility index (Phi) is 8.30. The van der Waals surface area contributed by atoms with Crippen LogP contribution in [0.4, 0.5) is 0 Å². The maximum atomic E-state index is 11.0. The number of unbranched alkanes of at least 4 members (excludes halogenated alkanes) is 2. The molecule has 0 aromatic carbocycles. The van der Waals surface area contributed by atoms with Crippen LogP contribution in [0.3, 0.4) is 0 Å². The lowest BCUT2D eigenvalue weighted by Gasteiger charge is -2.07. The van der Waals surface area contributed by atoms with Crippen molar-refractivity contribution in [2.75, 3.05) is 18.6 Å². The second kappa shape index (κ2) is 8.42. The number of esters is 1. The lowest BCUT2D eigenvalue weighted by molar-refractivity contribution is -0.143. The third-order valence-electron chi connectivity index (χ3n) is 1.86. The van der Waals surface area contributed by atoms with Crippen molar-refractivity contribution in [2.45, 2.75) is 33.1 Å². The van der Waals surface area contributed by atoms with Gasteiger partial charge in [0.25, 0.3) is 0 Å². The average molecular weight is 204 g/mol. The Morgan fingerprint density at radius 3 is 2.69 bits per heavy atom. The first-order chi connectivity index (χ1) is 6.22. The Hall–Kier alpha value is -0.180. The van der Waals surface area contributed by atoms with Crippen molar-refractivity contribution < 1.29 is 9.53 Å². The van der Waals surface area contributed by atoms with Crippen LogP contribution in [0.15, 0.2) is 0 Å². The van der Waals surface area contributed by atoms with Gasteiger partial charge in [0, 0.05) is 5.75 Å². The minimum Gasteiger partial charge on any atom is -0.469 e. The first-order valence-corrected chi connectivity index (χ1v) is 6.03. The summed E-state index contributed by atoms with van der Waals surface area (Å²) in [6.45, 7) is 4.11. The molecule has 0 saturated carbocycles. The second-order valence-corrected chi connectivity index (χ2v) is 4.36. The summed E-state index contributed by atoms with van der Waals surface area (Å²) in [5.41, 5.74) is 0. The SMILES string of the molecule is CCCCCSCC(C)C(=O)OC. The predicted octanol–water partition coefficient (Wildman–Crippen LogP) is 2.72. The monoisotopic (exact) mass is 204 g/mol. The molecule has 0 radical (unpaired) electrons. The van der Waals surface area contributed by atoms with E-state index in [2.05, 4.69) is 11.7 Å². The summed E-state index contributed by atoms with van der Waals surface area (Å²) in [5, 5.41) is 0. The first-order valence-electron chi connectivity index (χ1n) is 4.88. The van der Waals surface area contributed by atoms with Crippen LogP contribution in [-0.2, 0) is 9.53 Å². The summed E-state index contributed by atoms with van der Waals surface area (Å²) in [7, 11) is 1.45. The smallest absolute Gasteiger partial charge is 0.309 e. The van der Waals surface area contributed by atoms with Gasteiger partial charge in [-0.1, -0.05) is 26.7 Å². The summed E-state index contributed by atoms with van der Waals surface area (Å²) < 4.78 is 4.64. The molecule has 0 aromatic rings. The van der Waals surface area contributed by atoms with E-state index < -0.39 is 0 Å². The molecule has 2 nitrogen and oxygen atoms in total. The van der Waals surface area contributed by atoms with E-state index in [9.17, 15) is 4.79 Å². The molecule has 0 fully saturated rings. The van der Waals surface area contributed by atoms with Crippen molar-refractivity contribution in [3.05, 3.63) is 0 Å². The molecule has 13 heavy (non-hydrogen) atoms. The third kappa shape index (κ3) is 6.94. The van der Waals surface area contributed by atoms with Crippen LogP contribution in [0.5, 0.6) is 0 Å². The Morgan fingerprint density at radius 1 is 1.46 bits per heavy atom. The number of rotatable bonds is 7. The van der Waals surface area contributed by atoms with Gasteiger partial charge in [-0.3, -0.25) is 4.79 Å². The first kappa shape index (κ1) is 12.8. The van der Waals surface area contributed by atoms with Gasteiger partial charge < -0.3 is 4.74 Å². The van der Waals surface area contributed by atoms with Gasteiger partial charge >= 0.3 is 5.97 Å². The molecule has 0 rings (SSSR count). The van der Waals surface area contributed by atoms with Gasteiger partial charge in [-0.15, -0.1) is 0 Å². The minimum absolute atomic E-state index is 0.0385. The number of carbonyl (C=O) groups is 1. The summed E-state index contributed by atoms with van der Waals surface area (Å²) in [6, 6.07) is 0. The predicted molar refractivity (Wildman–Crippen MR) is 58.0 cm³/mol. The molecule has 0 amide bonds. The largest absolute Gasteiger partial charge is 0.469 e. The van der Waals surface area contributed by atoms with Gasteiger partial charge in [0.1, 0.15) is 0 Å². The second-order valence-electron chi connectivity index (χ2n) is 3.21. The van der Waals surface area contributed by atoms with Crippen LogP contribution >= 0.6 is 11.8 Å².